The number of hydrogen-bond acceptors (Lipinski definition) is 6. The molecule has 2 N–H and O–H groups in total. The maximum Gasteiger partial charge on any atom is 0.250 e. The topological polar surface area (TPSA) is 95.4 Å². The van der Waals surface area contributed by atoms with Crippen molar-refractivity contribution in [1.82, 2.24) is 15.3 Å². The highest BCUT2D eigenvalue weighted by Gasteiger charge is 2.28. The van der Waals surface area contributed by atoms with Gasteiger partial charge in [0.2, 0.25) is 17.8 Å². The molecule has 2 rings (SSSR count). The lowest BCUT2D eigenvalue weighted by molar-refractivity contribution is -0.128. The molecule has 1 aromatic heterocycles. The van der Waals surface area contributed by atoms with Gasteiger partial charge in [-0.3, -0.25) is 14.9 Å². The highest BCUT2D eigenvalue weighted by molar-refractivity contribution is 6.16. The molecule has 7 nitrogen and oxygen atoms in total. The summed E-state index contributed by atoms with van der Waals surface area (Å²) in [6, 6.07) is 0. The number of piperazine rings is 1. The molecule has 1 fully saturated rings. The van der Waals surface area contributed by atoms with Crippen LogP contribution in [0.5, 0.6) is 5.75 Å². The molecule has 0 unspecified atom stereocenters. The van der Waals surface area contributed by atoms with Gasteiger partial charge >= 0.3 is 0 Å². The van der Waals surface area contributed by atoms with E-state index >= 15 is 0 Å². The van der Waals surface area contributed by atoms with E-state index in [1.165, 1.54) is 0 Å². The van der Waals surface area contributed by atoms with E-state index in [4.69, 9.17) is 5.11 Å². The number of rotatable bonds is 1. The Labute approximate surface area is 84.8 Å². The minimum atomic E-state index is -0.406. The predicted octanol–water partition coefficient (Wildman–Crippen LogP) is -1.35. The van der Waals surface area contributed by atoms with Crippen molar-refractivity contribution >= 4 is 17.8 Å². The lowest BCUT2D eigenvalue weighted by Crippen LogP contribution is -2.52. The van der Waals surface area contributed by atoms with Gasteiger partial charge in [0, 0.05) is 0 Å². The Morgan fingerprint density at radius 1 is 1.20 bits per heavy atom. The summed E-state index contributed by atoms with van der Waals surface area (Å²) in [4.78, 5) is 31.1. The van der Waals surface area contributed by atoms with E-state index < -0.39 is 11.8 Å². The summed E-state index contributed by atoms with van der Waals surface area (Å²) in [7, 11) is 0. The molecule has 1 saturated heterocycles. The maximum absolute atomic E-state index is 11.4. The predicted molar refractivity (Wildman–Crippen MR) is 49.1 cm³/mol. The number of nitrogens with zero attached hydrogens (tertiary/aromatic N) is 3. The number of nitrogens with one attached hydrogen (secondary N) is 1. The molecular formula is C8H8N4O3. The number of carbonyl (C=O) groups is 2. The van der Waals surface area contributed by atoms with Crippen LogP contribution in [0, 0.1) is 0 Å². The number of aromatic nitrogens is 2. The molecule has 15 heavy (non-hydrogen) atoms. The summed E-state index contributed by atoms with van der Waals surface area (Å²) in [5, 5.41) is 11.6. The second kappa shape index (κ2) is 3.62. The van der Waals surface area contributed by atoms with E-state index in [2.05, 4.69) is 15.3 Å². The van der Waals surface area contributed by atoms with Gasteiger partial charge in [-0.05, 0) is 0 Å². The van der Waals surface area contributed by atoms with E-state index in [-0.39, 0.29) is 24.8 Å². The van der Waals surface area contributed by atoms with Crippen LogP contribution in [0.25, 0.3) is 0 Å². The highest BCUT2D eigenvalue weighted by Crippen LogP contribution is 2.11. The minimum absolute atomic E-state index is 0.00991. The summed E-state index contributed by atoms with van der Waals surface area (Å²) in [5.74, 6) is -0.938. The summed E-state index contributed by atoms with van der Waals surface area (Å²) < 4.78 is 0. The third-order valence-electron chi connectivity index (χ3n) is 1.88. The molecule has 1 aliphatic rings. The molecule has 2 amide bonds. The van der Waals surface area contributed by atoms with Gasteiger partial charge < -0.3 is 5.11 Å². The zero-order chi connectivity index (χ0) is 10.8. The first-order valence-electron chi connectivity index (χ1n) is 4.26. The molecule has 0 bridgehead atoms. The van der Waals surface area contributed by atoms with Crippen LogP contribution in [0.4, 0.5) is 5.95 Å². The Kier molecular flexibility index (Phi) is 2.30. The smallest absolute Gasteiger partial charge is 0.250 e. The molecule has 0 aromatic carbocycles. The van der Waals surface area contributed by atoms with Gasteiger partial charge in [-0.25, -0.2) is 14.9 Å². The lowest BCUT2D eigenvalue weighted by atomic mass is 10.3. The van der Waals surface area contributed by atoms with Crippen molar-refractivity contribution in [2.75, 3.05) is 18.0 Å². The number of aromatic hydroxyl groups is 1. The first kappa shape index (κ1) is 9.53. The lowest BCUT2D eigenvalue weighted by Gasteiger charge is -2.23. The summed E-state index contributed by atoms with van der Waals surface area (Å²) in [5.41, 5.74) is 0. The number of imide groups is 1. The van der Waals surface area contributed by atoms with E-state index in [1.54, 1.807) is 0 Å². The molecule has 0 spiro atoms. The van der Waals surface area contributed by atoms with Crippen LogP contribution < -0.4 is 10.2 Å². The van der Waals surface area contributed by atoms with Crippen molar-refractivity contribution in [1.29, 1.82) is 0 Å². The average molecular weight is 208 g/mol. The second-order valence-electron chi connectivity index (χ2n) is 2.97. The molecule has 0 radical (unpaired) electrons. The Bertz CT molecular complexity index is 387. The first-order valence-corrected chi connectivity index (χ1v) is 4.26. The molecule has 78 valence electrons. The SMILES string of the molecule is O=C1CNCC(=O)N1c1ncc(O)cn1. The number of hydrogen-bond donors (Lipinski definition) is 2. The normalized spacial score (nSPS) is 16.9. The van der Waals surface area contributed by atoms with Crippen LogP contribution in [0.1, 0.15) is 0 Å². The Balaban J connectivity index is 2.31. The number of carbonyl (C=O) groups excluding carboxylic acids is 2. The zero-order valence-electron chi connectivity index (χ0n) is 7.67. The van der Waals surface area contributed by atoms with Crippen LogP contribution in [0.3, 0.4) is 0 Å². The van der Waals surface area contributed by atoms with Gasteiger partial charge in [-0.15, -0.1) is 0 Å². The fraction of sp³-hybridized carbons (Fsp3) is 0.250. The van der Waals surface area contributed by atoms with Crippen LogP contribution >= 0.6 is 0 Å². The second-order valence-corrected chi connectivity index (χ2v) is 2.97. The van der Waals surface area contributed by atoms with Crippen molar-refractivity contribution in [3.05, 3.63) is 12.4 Å². The van der Waals surface area contributed by atoms with Gasteiger partial charge in [0.1, 0.15) is 0 Å². The summed E-state index contributed by atoms with van der Waals surface area (Å²) in [6.07, 6.45) is 2.26. The van der Waals surface area contributed by atoms with Crippen LogP contribution in [0.2, 0.25) is 0 Å². The van der Waals surface area contributed by atoms with Gasteiger partial charge in [0.05, 0.1) is 25.5 Å². The largest absolute Gasteiger partial charge is 0.505 e. The van der Waals surface area contributed by atoms with Gasteiger partial charge in [-0.2, -0.15) is 0 Å². The van der Waals surface area contributed by atoms with E-state index in [1.807, 2.05) is 0 Å². The average Bonchev–Trinajstić information content (AvgIpc) is 2.20. The summed E-state index contributed by atoms with van der Waals surface area (Å²) >= 11 is 0. The standard InChI is InChI=1S/C8H8N4O3/c13-5-1-10-8(11-2-5)12-6(14)3-9-4-7(12)15/h1-2,9,13H,3-4H2. The van der Waals surface area contributed by atoms with Crippen molar-refractivity contribution in [3.8, 4) is 5.75 Å². The molecule has 2 heterocycles. The Morgan fingerprint density at radius 3 is 2.27 bits per heavy atom. The van der Waals surface area contributed by atoms with Gasteiger partial charge in [-0.1, -0.05) is 0 Å². The maximum atomic E-state index is 11.4. The van der Waals surface area contributed by atoms with Crippen molar-refractivity contribution in [2.24, 2.45) is 0 Å². The summed E-state index contributed by atoms with van der Waals surface area (Å²) in [6.45, 7) is 0.159. The van der Waals surface area contributed by atoms with Gasteiger partial charge in [0.25, 0.3) is 0 Å². The molecule has 0 atom stereocenters. The zero-order valence-corrected chi connectivity index (χ0v) is 7.67. The molecule has 7 heteroatoms. The van der Waals surface area contributed by atoms with E-state index in [0.29, 0.717) is 0 Å². The monoisotopic (exact) mass is 208 g/mol. The molecule has 0 saturated carbocycles. The van der Waals surface area contributed by atoms with Crippen LogP contribution in [-0.2, 0) is 9.59 Å². The third-order valence-corrected chi connectivity index (χ3v) is 1.88. The molecular weight excluding hydrogens is 200 g/mol. The fourth-order valence-corrected chi connectivity index (χ4v) is 1.23. The van der Waals surface area contributed by atoms with Crippen LogP contribution in [-0.4, -0.2) is 40.0 Å². The fourth-order valence-electron chi connectivity index (χ4n) is 1.23. The first-order chi connectivity index (χ1) is 7.18. The Hall–Kier alpha value is -2.02. The molecule has 1 aromatic rings. The number of anilines is 1. The Morgan fingerprint density at radius 2 is 1.73 bits per heavy atom. The number of amides is 2. The van der Waals surface area contributed by atoms with E-state index in [9.17, 15) is 9.59 Å². The van der Waals surface area contributed by atoms with Crippen molar-refractivity contribution < 1.29 is 14.7 Å². The van der Waals surface area contributed by atoms with Crippen molar-refractivity contribution in [3.63, 3.8) is 0 Å². The van der Waals surface area contributed by atoms with Crippen LogP contribution in [0.15, 0.2) is 12.4 Å². The molecule has 1 aliphatic heterocycles. The van der Waals surface area contributed by atoms with E-state index in [0.717, 1.165) is 17.3 Å². The quantitative estimate of drug-likeness (QED) is 0.554. The minimum Gasteiger partial charge on any atom is -0.505 e. The van der Waals surface area contributed by atoms with Crippen molar-refractivity contribution in [2.45, 2.75) is 0 Å². The highest BCUT2D eigenvalue weighted by atomic mass is 16.3. The third kappa shape index (κ3) is 1.77. The molecule has 0 aliphatic carbocycles. The van der Waals surface area contributed by atoms with Gasteiger partial charge in [0.15, 0.2) is 5.75 Å².